The van der Waals surface area contributed by atoms with Crippen LogP contribution in [0.3, 0.4) is 0 Å². The van der Waals surface area contributed by atoms with Gasteiger partial charge in [0.05, 0.1) is 17.2 Å². The Morgan fingerprint density at radius 1 is 1.41 bits per heavy atom. The number of nitro groups is 1. The number of nitrogens with zero attached hydrogens (tertiary/aromatic N) is 3. The average Bonchev–Trinajstić information content (AvgIpc) is 2.73. The summed E-state index contributed by atoms with van der Waals surface area (Å²) in [5.41, 5.74) is -0.0925. The lowest BCUT2D eigenvalue weighted by molar-refractivity contribution is -0.383. The molecule has 0 radical (unpaired) electrons. The Morgan fingerprint density at radius 3 is 2.76 bits per heavy atom. The van der Waals surface area contributed by atoms with Crippen molar-refractivity contribution in [2.24, 2.45) is 0 Å². The van der Waals surface area contributed by atoms with Crippen LogP contribution in [0.2, 0.25) is 0 Å². The van der Waals surface area contributed by atoms with Gasteiger partial charge in [-0.05, 0) is 16.4 Å². The highest BCUT2D eigenvalue weighted by molar-refractivity contribution is 5.93. The maximum absolute atomic E-state index is 12.0. The van der Waals surface area contributed by atoms with Crippen LogP contribution < -0.4 is 5.32 Å². The van der Waals surface area contributed by atoms with Gasteiger partial charge in [-0.1, -0.05) is 0 Å². The van der Waals surface area contributed by atoms with E-state index in [1.807, 2.05) is 0 Å². The summed E-state index contributed by atoms with van der Waals surface area (Å²) in [4.78, 5) is 10.00. The standard InChI is InChI=1S/C8H6F2N4O3/c9-6(10)3-11-4-1-2-5(14(15)16)8-7(4)12-17-13-8/h1-2,6,11H,3H2. The predicted octanol–water partition coefficient (Wildman–Crippen LogP) is 1.81. The number of nitro benzene ring substituents is 1. The Balaban J connectivity index is 2.42. The molecule has 17 heavy (non-hydrogen) atoms. The van der Waals surface area contributed by atoms with Crippen LogP contribution in [0.4, 0.5) is 20.2 Å². The van der Waals surface area contributed by atoms with Gasteiger partial charge in [0.1, 0.15) is 0 Å². The molecule has 0 aliphatic carbocycles. The highest BCUT2D eigenvalue weighted by atomic mass is 19.3. The second-order valence-electron chi connectivity index (χ2n) is 3.12. The summed E-state index contributed by atoms with van der Waals surface area (Å²) in [5.74, 6) is 0. The quantitative estimate of drug-likeness (QED) is 0.651. The topological polar surface area (TPSA) is 94.1 Å². The van der Waals surface area contributed by atoms with Crippen LogP contribution in [0.25, 0.3) is 11.0 Å². The molecule has 1 heterocycles. The highest BCUT2D eigenvalue weighted by Crippen LogP contribution is 2.28. The molecular weight excluding hydrogens is 238 g/mol. The van der Waals surface area contributed by atoms with Crippen LogP contribution in [0, 0.1) is 10.1 Å². The Bertz CT molecular complexity index is 557. The Labute approximate surface area is 92.5 Å². The third kappa shape index (κ3) is 2.12. The van der Waals surface area contributed by atoms with Crippen LogP contribution >= 0.6 is 0 Å². The number of hydrogen-bond donors (Lipinski definition) is 1. The van der Waals surface area contributed by atoms with Crippen molar-refractivity contribution in [1.82, 2.24) is 10.3 Å². The van der Waals surface area contributed by atoms with Crippen LogP contribution in [0.5, 0.6) is 0 Å². The summed E-state index contributed by atoms with van der Waals surface area (Å²) >= 11 is 0. The van der Waals surface area contributed by atoms with E-state index in [-0.39, 0.29) is 22.4 Å². The maximum atomic E-state index is 12.0. The maximum Gasteiger partial charge on any atom is 0.300 e. The van der Waals surface area contributed by atoms with E-state index in [0.717, 1.165) is 6.07 Å². The van der Waals surface area contributed by atoms with E-state index in [1.165, 1.54) is 6.07 Å². The van der Waals surface area contributed by atoms with Crippen molar-refractivity contribution in [3.63, 3.8) is 0 Å². The van der Waals surface area contributed by atoms with Crippen molar-refractivity contribution in [3.05, 3.63) is 22.2 Å². The lowest BCUT2D eigenvalue weighted by Gasteiger charge is -2.04. The number of alkyl halides is 2. The molecule has 0 amide bonds. The fourth-order valence-electron chi connectivity index (χ4n) is 1.33. The zero-order chi connectivity index (χ0) is 12.4. The molecule has 0 spiro atoms. The van der Waals surface area contributed by atoms with Crippen LogP contribution in [0.15, 0.2) is 16.8 Å². The summed E-state index contributed by atoms with van der Waals surface area (Å²) < 4.78 is 28.4. The van der Waals surface area contributed by atoms with Gasteiger partial charge in [-0.15, -0.1) is 0 Å². The number of halogens is 2. The molecular formula is C8H6F2N4O3. The van der Waals surface area contributed by atoms with Gasteiger partial charge in [0.15, 0.2) is 5.52 Å². The summed E-state index contributed by atoms with van der Waals surface area (Å²) in [5, 5.41) is 19.9. The first-order valence-corrected chi connectivity index (χ1v) is 4.51. The molecule has 2 rings (SSSR count). The first-order valence-electron chi connectivity index (χ1n) is 4.51. The minimum atomic E-state index is -2.54. The van der Waals surface area contributed by atoms with Gasteiger partial charge < -0.3 is 5.32 Å². The van der Waals surface area contributed by atoms with Gasteiger partial charge in [-0.3, -0.25) is 10.1 Å². The first-order chi connectivity index (χ1) is 8.09. The lowest BCUT2D eigenvalue weighted by atomic mass is 10.2. The molecule has 1 N–H and O–H groups in total. The van der Waals surface area contributed by atoms with Gasteiger partial charge in [-0.25, -0.2) is 13.4 Å². The molecule has 0 unspecified atom stereocenters. The van der Waals surface area contributed by atoms with Crippen molar-refractivity contribution >= 4 is 22.4 Å². The molecule has 0 saturated carbocycles. The van der Waals surface area contributed by atoms with Gasteiger partial charge >= 0.3 is 5.69 Å². The number of benzene rings is 1. The van der Waals surface area contributed by atoms with Crippen LogP contribution in [-0.4, -0.2) is 28.2 Å². The largest absolute Gasteiger partial charge is 0.377 e. The van der Waals surface area contributed by atoms with E-state index in [4.69, 9.17) is 0 Å². The molecule has 1 aromatic heterocycles. The average molecular weight is 244 g/mol. The smallest absolute Gasteiger partial charge is 0.300 e. The Hall–Kier alpha value is -2.32. The van der Waals surface area contributed by atoms with E-state index in [2.05, 4.69) is 20.3 Å². The fraction of sp³-hybridized carbons (Fsp3) is 0.250. The summed E-state index contributed by atoms with van der Waals surface area (Å²) in [6.45, 7) is -0.584. The van der Waals surface area contributed by atoms with Crippen LogP contribution in [-0.2, 0) is 0 Å². The number of hydrogen-bond acceptors (Lipinski definition) is 6. The summed E-state index contributed by atoms with van der Waals surface area (Å²) in [6.07, 6.45) is -2.54. The van der Waals surface area contributed by atoms with Crippen molar-refractivity contribution < 1.29 is 18.3 Å². The van der Waals surface area contributed by atoms with Gasteiger partial charge in [-0.2, -0.15) is 0 Å². The zero-order valence-corrected chi connectivity index (χ0v) is 8.26. The lowest BCUT2D eigenvalue weighted by Crippen LogP contribution is -2.10. The fourth-order valence-corrected chi connectivity index (χ4v) is 1.33. The number of anilines is 1. The second kappa shape index (κ2) is 4.28. The molecule has 0 saturated heterocycles. The van der Waals surface area contributed by atoms with Gasteiger partial charge in [0.2, 0.25) is 5.52 Å². The molecule has 90 valence electrons. The van der Waals surface area contributed by atoms with Gasteiger partial charge in [0.25, 0.3) is 6.43 Å². The Kier molecular flexibility index (Phi) is 2.81. The van der Waals surface area contributed by atoms with Crippen molar-refractivity contribution in [1.29, 1.82) is 0 Å². The minimum Gasteiger partial charge on any atom is -0.377 e. The van der Waals surface area contributed by atoms with Crippen molar-refractivity contribution in [2.75, 3.05) is 11.9 Å². The van der Waals surface area contributed by atoms with E-state index >= 15 is 0 Å². The minimum absolute atomic E-state index is 0.0554. The molecule has 2 aromatic rings. The zero-order valence-electron chi connectivity index (χ0n) is 8.26. The third-order valence-electron chi connectivity index (χ3n) is 2.04. The molecule has 0 atom stereocenters. The van der Waals surface area contributed by atoms with Crippen molar-refractivity contribution in [2.45, 2.75) is 6.43 Å². The SMILES string of the molecule is O=[N+]([O-])c1ccc(NCC(F)F)c2nonc12. The summed E-state index contributed by atoms with van der Waals surface area (Å²) in [6, 6.07) is 2.44. The molecule has 0 bridgehead atoms. The third-order valence-corrected chi connectivity index (χ3v) is 2.04. The number of nitrogens with one attached hydrogen (secondary N) is 1. The number of fused-ring (bicyclic) bond motifs is 1. The molecule has 1 aromatic carbocycles. The van der Waals surface area contributed by atoms with Crippen molar-refractivity contribution in [3.8, 4) is 0 Å². The molecule has 0 aliphatic heterocycles. The molecule has 0 fully saturated rings. The number of rotatable bonds is 4. The monoisotopic (exact) mass is 244 g/mol. The summed E-state index contributed by atoms with van der Waals surface area (Å²) in [7, 11) is 0. The van der Waals surface area contributed by atoms with E-state index in [0.29, 0.717) is 0 Å². The molecule has 0 aliphatic rings. The normalized spacial score (nSPS) is 11.0. The first kappa shape index (κ1) is 11.2. The van der Waals surface area contributed by atoms with Gasteiger partial charge in [0, 0.05) is 6.07 Å². The second-order valence-corrected chi connectivity index (χ2v) is 3.12. The predicted molar refractivity (Wildman–Crippen MR) is 53.0 cm³/mol. The number of non-ortho nitro benzene ring substituents is 1. The van der Waals surface area contributed by atoms with E-state index < -0.39 is 17.9 Å². The molecule has 7 nitrogen and oxygen atoms in total. The Morgan fingerprint density at radius 2 is 2.12 bits per heavy atom. The highest BCUT2D eigenvalue weighted by Gasteiger charge is 2.19. The number of aromatic nitrogens is 2. The molecule has 9 heteroatoms. The van der Waals surface area contributed by atoms with E-state index in [1.54, 1.807) is 0 Å². The van der Waals surface area contributed by atoms with E-state index in [9.17, 15) is 18.9 Å². The van der Waals surface area contributed by atoms with Crippen LogP contribution in [0.1, 0.15) is 0 Å².